The van der Waals surface area contributed by atoms with Crippen LogP contribution < -0.4 is 0 Å². The Bertz CT molecular complexity index is 746. The van der Waals surface area contributed by atoms with Gasteiger partial charge in [0.25, 0.3) is 0 Å². The molecule has 2 aromatic rings. The van der Waals surface area contributed by atoms with Crippen molar-refractivity contribution in [1.29, 1.82) is 5.26 Å². The minimum Gasteiger partial charge on any atom is -0.444 e. The minimum atomic E-state index is -0.747. The van der Waals surface area contributed by atoms with Crippen LogP contribution in [0.25, 0.3) is 10.9 Å². The second-order valence-corrected chi connectivity index (χ2v) is 5.31. The van der Waals surface area contributed by atoms with E-state index in [4.69, 9.17) is 10.00 Å². The average molecular weight is 280 g/mol. The predicted octanol–water partition coefficient (Wildman–Crippen LogP) is 3.18. The average Bonchev–Trinajstić information content (AvgIpc) is 2.52. The molecule has 0 unspecified atom stereocenters. The Morgan fingerprint density at radius 2 is 2.10 bits per heavy atom. The zero-order chi connectivity index (χ0) is 14.8. The molecule has 0 N–H and O–H groups in total. The minimum absolute atomic E-state index is 0.416. The number of rotatable bonds is 2. The van der Waals surface area contributed by atoms with E-state index in [-0.39, 0.29) is 0 Å². The van der Waals surface area contributed by atoms with Crippen LogP contribution >= 0.6 is 0 Å². The summed E-state index contributed by atoms with van der Waals surface area (Å²) in [5.41, 5.74) is 3.40. The molecule has 3 rings (SSSR count). The molecule has 0 saturated heterocycles. The van der Waals surface area contributed by atoms with Gasteiger partial charge in [-0.05, 0) is 44.2 Å². The Morgan fingerprint density at radius 3 is 2.90 bits per heavy atom. The number of benzene rings is 1. The highest BCUT2D eigenvalue weighted by atomic mass is 16.5. The number of aromatic nitrogens is 1. The van der Waals surface area contributed by atoms with Crippen molar-refractivity contribution >= 4 is 16.9 Å². The summed E-state index contributed by atoms with van der Waals surface area (Å²) in [5.74, 6) is -0.416. The number of hydrogen-bond acceptors (Lipinski definition) is 4. The molecule has 0 spiro atoms. The van der Waals surface area contributed by atoms with Crippen LogP contribution in [0.2, 0.25) is 0 Å². The molecule has 0 aliphatic heterocycles. The zero-order valence-electron chi connectivity index (χ0n) is 11.9. The second kappa shape index (κ2) is 5.53. The Morgan fingerprint density at radius 1 is 1.33 bits per heavy atom. The van der Waals surface area contributed by atoms with Crippen molar-refractivity contribution in [3.8, 4) is 6.07 Å². The van der Waals surface area contributed by atoms with Crippen LogP contribution in [0, 0.1) is 11.3 Å². The maximum absolute atomic E-state index is 12.5. The molecule has 0 amide bonds. The van der Waals surface area contributed by atoms with E-state index in [0.29, 0.717) is 5.56 Å². The maximum Gasteiger partial charge on any atom is 0.340 e. The number of aryl methyl sites for hydroxylation is 1. The summed E-state index contributed by atoms with van der Waals surface area (Å²) < 4.78 is 5.23. The van der Waals surface area contributed by atoms with Crippen molar-refractivity contribution in [2.24, 2.45) is 0 Å². The molecule has 0 bridgehead atoms. The van der Waals surface area contributed by atoms with Gasteiger partial charge in [-0.3, -0.25) is 4.98 Å². The van der Waals surface area contributed by atoms with Crippen molar-refractivity contribution in [3.63, 3.8) is 0 Å². The Hall–Kier alpha value is -2.41. The number of fused-ring (bicyclic) bond motifs is 2. The summed E-state index contributed by atoms with van der Waals surface area (Å²) in [6.45, 7) is 1.58. The number of para-hydroxylation sites is 1. The van der Waals surface area contributed by atoms with Gasteiger partial charge in [-0.15, -0.1) is 0 Å². The Balaban J connectivity index is 2.18. The van der Waals surface area contributed by atoms with Crippen molar-refractivity contribution < 1.29 is 9.53 Å². The lowest BCUT2D eigenvalue weighted by molar-refractivity contribution is 0.0436. The number of esters is 1. The topological polar surface area (TPSA) is 63.0 Å². The van der Waals surface area contributed by atoms with Crippen LogP contribution in [0.4, 0.5) is 0 Å². The number of ether oxygens (including phenoxy) is 1. The van der Waals surface area contributed by atoms with Gasteiger partial charge in [-0.25, -0.2) is 4.79 Å². The number of carbonyl (C=O) groups excluding carboxylic acids is 1. The summed E-state index contributed by atoms with van der Waals surface area (Å²) >= 11 is 0. The van der Waals surface area contributed by atoms with Gasteiger partial charge in [-0.2, -0.15) is 5.26 Å². The van der Waals surface area contributed by atoms with Crippen LogP contribution in [-0.4, -0.2) is 17.1 Å². The second-order valence-electron chi connectivity index (χ2n) is 5.31. The van der Waals surface area contributed by atoms with Crippen LogP contribution in [0.5, 0.6) is 0 Å². The van der Waals surface area contributed by atoms with Gasteiger partial charge in [0.05, 0.1) is 11.1 Å². The van der Waals surface area contributed by atoms with Gasteiger partial charge in [0.1, 0.15) is 6.07 Å². The van der Waals surface area contributed by atoms with Gasteiger partial charge in [0, 0.05) is 11.1 Å². The fraction of sp³-hybridized carbons (Fsp3) is 0.353. The van der Waals surface area contributed by atoms with Crippen LogP contribution in [0.3, 0.4) is 0 Å². The molecule has 1 aromatic heterocycles. The lowest BCUT2D eigenvalue weighted by Crippen LogP contribution is -2.18. The van der Waals surface area contributed by atoms with Gasteiger partial charge in [0.15, 0.2) is 6.10 Å². The highest BCUT2D eigenvalue weighted by molar-refractivity contribution is 6.05. The third kappa shape index (κ3) is 2.47. The first-order chi connectivity index (χ1) is 10.2. The summed E-state index contributed by atoms with van der Waals surface area (Å²) in [4.78, 5) is 17.2. The first-order valence-electron chi connectivity index (χ1n) is 7.22. The van der Waals surface area contributed by atoms with Gasteiger partial charge in [-0.1, -0.05) is 18.2 Å². The third-order valence-electron chi connectivity index (χ3n) is 3.84. The molecule has 106 valence electrons. The fourth-order valence-corrected chi connectivity index (χ4v) is 2.85. The highest BCUT2D eigenvalue weighted by Crippen LogP contribution is 2.29. The van der Waals surface area contributed by atoms with Crippen molar-refractivity contribution in [3.05, 3.63) is 41.1 Å². The smallest absolute Gasteiger partial charge is 0.340 e. The number of pyridine rings is 1. The SMILES string of the molecule is C[C@H](C#N)OC(=O)c1c2c(nc3ccccc13)CCCC2. The lowest BCUT2D eigenvalue weighted by atomic mass is 9.90. The number of hydrogen-bond donors (Lipinski definition) is 0. The van der Waals surface area contributed by atoms with Crippen molar-refractivity contribution in [2.75, 3.05) is 0 Å². The van der Waals surface area contributed by atoms with Crippen LogP contribution in [0.1, 0.15) is 41.4 Å². The first-order valence-corrected chi connectivity index (χ1v) is 7.22. The van der Waals surface area contributed by atoms with Crippen molar-refractivity contribution in [2.45, 2.75) is 38.7 Å². The van der Waals surface area contributed by atoms with E-state index < -0.39 is 12.1 Å². The fourth-order valence-electron chi connectivity index (χ4n) is 2.85. The molecule has 4 heteroatoms. The van der Waals surface area contributed by atoms with E-state index in [1.807, 2.05) is 30.3 Å². The number of nitrogens with zero attached hydrogens (tertiary/aromatic N) is 2. The van der Waals surface area contributed by atoms with E-state index in [0.717, 1.165) is 47.8 Å². The summed E-state index contributed by atoms with van der Waals surface area (Å²) in [7, 11) is 0. The van der Waals surface area contributed by atoms with E-state index in [2.05, 4.69) is 4.98 Å². The highest BCUT2D eigenvalue weighted by Gasteiger charge is 2.24. The molecular weight excluding hydrogens is 264 g/mol. The Labute approximate surface area is 123 Å². The first kappa shape index (κ1) is 13.6. The molecular formula is C17H16N2O2. The largest absolute Gasteiger partial charge is 0.444 e. The maximum atomic E-state index is 12.5. The van der Waals surface area contributed by atoms with Crippen molar-refractivity contribution in [1.82, 2.24) is 4.98 Å². The predicted molar refractivity (Wildman–Crippen MR) is 78.9 cm³/mol. The van der Waals surface area contributed by atoms with Crippen LogP contribution in [0.15, 0.2) is 24.3 Å². The molecule has 0 fully saturated rings. The molecule has 0 radical (unpaired) electrons. The van der Waals surface area contributed by atoms with E-state index in [1.54, 1.807) is 6.92 Å². The Kier molecular flexibility index (Phi) is 3.57. The zero-order valence-corrected chi connectivity index (χ0v) is 11.9. The summed E-state index contributed by atoms with van der Waals surface area (Å²) in [5, 5.41) is 9.66. The molecule has 4 nitrogen and oxygen atoms in total. The third-order valence-corrected chi connectivity index (χ3v) is 3.84. The summed E-state index contributed by atoms with van der Waals surface area (Å²) in [6, 6.07) is 9.55. The molecule has 1 atom stereocenters. The molecule has 1 aliphatic carbocycles. The lowest BCUT2D eigenvalue weighted by Gasteiger charge is -2.20. The monoisotopic (exact) mass is 280 g/mol. The standard InChI is InChI=1S/C17H16N2O2/c1-11(10-18)21-17(20)16-12-6-2-4-8-14(12)19-15-9-5-3-7-13(15)16/h2,4,6,8,11H,3,5,7,9H2,1H3/t11-/m1/s1. The normalized spacial score (nSPS) is 15.0. The number of nitriles is 1. The molecule has 1 aromatic carbocycles. The molecule has 21 heavy (non-hydrogen) atoms. The van der Waals surface area contributed by atoms with Gasteiger partial charge >= 0.3 is 5.97 Å². The molecule has 1 heterocycles. The van der Waals surface area contributed by atoms with E-state index >= 15 is 0 Å². The van der Waals surface area contributed by atoms with Crippen LogP contribution in [-0.2, 0) is 17.6 Å². The summed E-state index contributed by atoms with van der Waals surface area (Å²) in [6.07, 6.45) is 3.15. The van der Waals surface area contributed by atoms with E-state index in [1.165, 1.54) is 0 Å². The number of carbonyl (C=O) groups is 1. The van der Waals surface area contributed by atoms with E-state index in [9.17, 15) is 4.79 Å². The van der Waals surface area contributed by atoms with Gasteiger partial charge in [0.2, 0.25) is 0 Å². The quantitative estimate of drug-likeness (QED) is 0.792. The van der Waals surface area contributed by atoms with Gasteiger partial charge < -0.3 is 4.74 Å². The molecule has 1 aliphatic rings. The molecule has 0 saturated carbocycles.